The van der Waals surface area contributed by atoms with E-state index >= 15 is 0 Å². The first kappa shape index (κ1) is 14.8. The van der Waals surface area contributed by atoms with E-state index in [1.54, 1.807) is 26.1 Å². The molecule has 0 fully saturated rings. The summed E-state index contributed by atoms with van der Waals surface area (Å²) in [6.07, 6.45) is 0. The van der Waals surface area contributed by atoms with Gasteiger partial charge in [0, 0.05) is 18.8 Å². The van der Waals surface area contributed by atoms with Gasteiger partial charge < -0.3 is 20.1 Å². The maximum atomic E-state index is 13.8. The van der Waals surface area contributed by atoms with Gasteiger partial charge in [-0.15, -0.1) is 0 Å². The quantitative estimate of drug-likeness (QED) is 0.845. The molecule has 0 atom stereocenters. The zero-order valence-corrected chi connectivity index (χ0v) is 12.0. The van der Waals surface area contributed by atoms with Crippen molar-refractivity contribution < 1.29 is 13.9 Å². The maximum Gasteiger partial charge on any atom is 0.322 e. The number of benzene rings is 1. The van der Waals surface area contributed by atoms with Crippen LogP contribution in [0.3, 0.4) is 0 Å². The van der Waals surface area contributed by atoms with E-state index in [2.05, 4.69) is 25.6 Å². The van der Waals surface area contributed by atoms with Crippen molar-refractivity contribution in [2.24, 2.45) is 0 Å². The zero-order chi connectivity index (χ0) is 15.2. The van der Waals surface area contributed by atoms with Crippen LogP contribution in [0, 0.1) is 5.82 Å². The molecule has 1 heterocycles. The second kappa shape index (κ2) is 6.69. The third-order valence-electron chi connectivity index (χ3n) is 2.51. The first-order valence-electron chi connectivity index (χ1n) is 6.33. The molecule has 0 unspecified atom stereocenters. The van der Waals surface area contributed by atoms with E-state index in [0.29, 0.717) is 18.2 Å². The lowest BCUT2D eigenvalue weighted by molar-refractivity contribution is 0.321. The predicted octanol–water partition coefficient (Wildman–Crippen LogP) is 2.20. The van der Waals surface area contributed by atoms with Crippen LogP contribution in [0.2, 0.25) is 0 Å². The van der Waals surface area contributed by atoms with Crippen LogP contribution >= 0.6 is 0 Å². The van der Waals surface area contributed by atoms with Crippen LogP contribution in [-0.2, 0) is 0 Å². The summed E-state index contributed by atoms with van der Waals surface area (Å²) >= 11 is 0. The Morgan fingerprint density at radius 3 is 2.57 bits per heavy atom. The van der Waals surface area contributed by atoms with Crippen molar-refractivity contribution in [1.82, 2.24) is 15.0 Å². The molecule has 0 aliphatic rings. The van der Waals surface area contributed by atoms with Gasteiger partial charge in [0.25, 0.3) is 0 Å². The highest BCUT2D eigenvalue weighted by Gasteiger charge is 2.08. The predicted molar refractivity (Wildman–Crippen MR) is 76.8 cm³/mol. The van der Waals surface area contributed by atoms with Gasteiger partial charge in [0.1, 0.15) is 0 Å². The van der Waals surface area contributed by atoms with E-state index in [1.165, 1.54) is 13.2 Å². The average molecular weight is 293 g/mol. The number of aromatic nitrogens is 3. The third-order valence-corrected chi connectivity index (χ3v) is 2.51. The Balaban J connectivity index is 2.23. The largest absolute Gasteiger partial charge is 0.491 e. The second-order valence-corrected chi connectivity index (χ2v) is 3.92. The van der Waals surface area contributed by atoms with Crippen molar-refractivity contribution in [3.63, 3.8) is 0 Å². The molecular formula is C13H16FN5O2. The van der Waals surface area contributed by atoms with Gasteiger partial charge in [-0.3, -0.25) is 0 Å². The Kier molecular flexibility index (Phi) is 4.70. The Bertz CT molecular complexity index is 601. The van der Waals surface area contributed by atoms with Crippen molar-refractivity contribution in [2.75, 3.05) is 31.4 Å². The molecule has 0 amide bonds. The van der Waals surface area contributed by atoms with Crippen LogP contribution in [0.15, 0.2) is 18.2 Å². The molecule has 0 spiro atoms. The van der Waals surface area contributed by atoms with E-state index in [9.17, 15) is 4.39 Å². The van der Waals surface area contributed by atoms with Gasteiger partial charge in [-0.1, -0.05) is 0 Å². The molecule has 112 valence electrons. The van der Waals surface area contributed by atoms with E-state index in [1.807, 2.05) is 0 Å². The lowest BCUT2D eigenvalue weighted by Gasteiger charge is -2.09. The molecule has 0 bridgehead atoms. The van der Waals surface area contributed by atoms with Crippen LogP contribution in [0.1, 0.15) is 6.92 Å². The first-order chi connectivity index (χ1) is 10.2. The summed E-state index contributed by atoms with van der Waals surface area (Å²) < 4.78 is 23.9. The molecule has 21 heavy (non-hydrogen) atoms. The molecule has 0 radical (unpaired) electrons. The standard InChI is InChI=1S/C13H16FN5O2/c1-4-21-10-6-5-8(7-9(10)14)16-12-17-11(15-2)18-13(19-12)20-3/h5-7H,4H2,1-3H3,(H2,15,16,17,18,19). The number of rotatable bonds is 6. The SMILES string of the molecule is CCOc1ccc(Nc2nc(NC)nc(OC)n2)cc1F. The molecule has 1 aromatic heterocycles. The first-order valence-corrected chi connectivity index (χ1v) is 6.33. The molecule has 0 saturated carbocycles. The van der Waals surface area contributed by atoms with Crippen molar-refractivity contribution >= 4 is 17.6 Å². The van der Waals surface area contributed by atoms with Crippen LogP contribution in [-0.4, -0.2) is 35.7 Å². The normalized spacial score (nSPS) is 10.1. The van der Waals surface area contributed by atoms with E-state index < -0.39 is 5.82 Å². The van der Waals surface area contributed by atoms with Gasteiger partial charge in [0.2, 0.25) is 11.9 Å². The Morgan fingerprint density at radius 1 is 1.19 bits per heavy atom. The summed E-state index contributed by atoms with van der Waals surface area (Å²) in [5, 5.41) is 5.67. The molecule has 2 aromatic rings. The average Bonchev–Trinajstić information content (AvgIpc) is 2.49. The minimum absolute atomic E-state index is 0.156. The van der Waals surface area contributed by atoms with E-state index in [-0.39, 0.29) is 17.7 Å². The number of hydrogen-bond acceptors (Lipinski definition) is 7. The summed E-state index contributed by atoms with van der Waals surface area (Å²) in [6.45, 7) is 2.20. The molecular weight excluding hydrogens is 277 g/mol. The molecule has 0 aliphatic heterocycles. The second-order valence-electron chi connectivity index (χ2n) is 3.92. The topological polar surface area (TPSA) is 81.2 Å². The van der Waals surface area contributed by atoms with Gasteiger partial charge in [0.15, 0.2) is 11.6 Å². The summed E-state index contributed by atoms with van der Waals surface area (Å²) in [5.41, 5.74) is 0.492. The molecule has 0 saturated heterocycles. The third kappa shape index (κ3) is 3.68. The number of anilines is 3. The Labute approximate surface area is 121 Å². The fraction of sp³-hybridized carbons (Fsp3) is 0.308. The van der Waals surface area contributed by atoms with Crippen molar-refractivity contribution in [3.8, 4) is 11.8 Å². The maximum absolute atomic E-state index is 13.8. The summed E-state index contributed by atoms with van der Waals surface area (Å²) in [7, 11) is 3.13. The highest BCUT2D eigenvalue weighted by Crippen LogP contribution is 2.23. The van der Waals surface area contributed by atoms with Crippen LogP contribution < -0.4 is 20.1 Å². The van der Waals surface area contributed by atoms with Crippen molar-refractivity contribution in [1.29, 1.82) is 0 Å². The molecule has 2 rings (SSSR count). The molecule has 1 aromatic carbocycles. The number of methoxy groups -OCH3 is 1. The van der Waals surface area contributed by atoms with Gasteiger partial charge >= 0.3 is 6.01 Å². The van der Waals surface area contributed by atoms with Crippen LogP contribution in [0.25, 0.3) is 0 Å². The van der Waals surface area contributed by atoms with E-state index in [0.717, 1.165) is 0 Å². The van der Waals surface area contributed by atoms with Gasteiger partial charge in [0.05, 0.1) is 13.7 Å². The lowest BCUT2D eigenvalue weighted by atomic mass is 10.3. The summed E-state index contributed by atoms with van der Waals surface area (Å²) in [6, 6.07) is 4.67. The minimum atomic E-state index is -0.461. The van der Waals surface area contributed by atoms with Crippen molar-refractivity contribution in [2.45, 2.75) is 6.92 Å². The highest BCUT2D eigenvalue weighted by atomic mass is 19.1. The fourth-order valence-electron chi connectivity index (χ4n) is 1.60. The van der Waals surface area contributed by atoms with E-state index in [4.69, 9.17) is 9.47 Å². The smallest absolute Gasteiger partial charge is 0.322 e. The Hall–Kier alpha value is -2.64. The number of nitrogens with zero attached hydrogens (tertiary/aromatic N) is 3. The minimum Gasteiger partial charge on any atom is -0.491 e. The fourth-order valence-corrected chi connectivity index (χ4v) is 1.60. The van der Waals surface area contributed by atoms with Gasteiger partial charge in [-0.05, 0) is 19.1 Å². The molecule has 7 nitrogen and oxygen atoms in total. The summed E-state index contributed by atoms with van der Waals surface area (Å²) in [5.74, 6) is 0.328. The molecule has 8 heteroatoms. The van der Waals surface area contributed by atoms with Crippen LogP contribution in [0.4, 0.5) is 22.0 Å². The van der Waals surface area contributed by atoms with Crippen molar-refractivity contribution in [3.05, 3.63) is 24.0 Å². The number of nitrogens with one attached hydrogen (secondary N) is 2. The highest BCUT2D eigenvalue weighted by molar-refractivity contribution is 5.56. The number of ether oxygens (including phenoxy) is 2. The monoisotopic (exact) mass is 293 g/mol. The van der Waals surface area contributed by atoms with Gasteiger partial charge in [-0.2, -0.15) is 15.0 Å². The lowest BCUT2D eigenvalue weighted by Crippen LogP contribution is -2.05. The van der Waals surface area contributed by atoms with Gasteiger partial charge in [-0.25, -0.2) is 4.39 Å². The zero-order valence-electron chi connectivity index (χ0n) is 12.0. The number of halogens is 1. The molecule has 0 aliphatic carbocycles. The summed E-state index contributed by atoms with van der Waals surface area (Å²) in [4.78, 5) is 12.1. The Morgan fingerprint density at radius 2 is 1.95 bits per heavy atom. The molecule has 2 N–H and O–H groups in total. The van der Waals surface area contributed by atoms with Crippen LogP contribution in [0.5, 0.6) is 11.8 Å². The number of hydrogen-bond donors (Lipinski definition) is 2.